The Morgan fingerprint density at radius 3 is 2.52 bits per heavy atom. The summed E-state index contributed by atoms with van der Waals surface area (Å²) in [5.74, 6) is 3.04. The van der Waals surface area contributed by atoms with Gasteiger partial charge in [0.15, 0.2) is 5.82 Å². The van der Waals surface area contributed by atoms with E-state index in [0.29, 0.717) is 36.9 Å². The molecule has 5 rings (SSSR count). The molecule has 2 aliphatic rings. The second-order valence-electron chi connectivity index (χ2n) is 12.1. The van der Waals surface area contributed by atoms with E-state index < -0.39 is 0 Å². The fourth-order valence-electron chi connectivity index (χ4n) is 6.46. The number of rotatable bonds is 13. The van der Waals surface area contributed by atoms with Gasteiger partial charge >= 0.3 is 0 Å². The van der Waals surface area contributed by atoms with Crippen LogP contribution in [0.3, 0.4) is 0 Å². The molecule has 0 bridgehead atoms. The van der Waals surface area contributed by atoms with Crippen LogP contribution in [-0.4, -0.2) is 90.0 Å². The van der Waals surface area contributed by atoms with Gasteiger partial charge in [0.1, 0.15) is 11.3 Å². The first-order valence-corrected chi connectivity index (χ1v) is 16.4. The highest BCUT2D eigenvalue weighted by atomic mass is 32.1. The number of aryl methyl sites for hydroxylation is 1. The quantitative estimate of drug-likeness (QED) is 0.271. The maximum Gasteiger partial charge on any atom is 0.152 e. The molecule has 222 valence electrons. The lowest BCUT2D eigenvalue weighted by molar-refractivity contribution is 0.0532. The predicted molar refractivity (Wildman–Crippen MR) is 166 cm³/mol. The second-order valence-corrected chi connectivity index (χ2v) is 13.2. The Morgan fingerprint density at radius 2 is 1.82 bits per heavy atom. The largest absolute Gasteiger partial charge is 0.382 e. The van der Waals surface area contributed by atoms with Crippen LogP contribution in [0.25, 0.3) is 21.3 Å². The minimum Gasteiger partial charge on any atom is -0.382 e. The zero-order chi connectivity index (χ0) is 28.1. The van der Waals surface area contributed by atoms with Crippen LogP contribution in [0, 0.1) is 5.92 Å². The smallest absolute Gasteiger partial charge is 0.152 e. The third kappa shape index (κ3) is 6.81. The SMILES string of the molecule is CCCCc1nc2c(N)nc3cc(C4CCN(CCOCCOC)CC4)sc3c2n1CC1CCN(C(C)C)CC1. The number of nitrogen functional groups attached to an aromatic ring is 1. The van der Waals surface area contributed by atoms with E-state index >= 15 is 0 Å². The summed E-state index contributed by atoms with van der Waals surface area (Å²) in [5.41, 5.74) is 9.79. The number of aromatic nitrogens is 3. The van der Waals surface area contributed by atoms with E-state index in [9.17, 15) is 0 Å². The summed E-state index contributed by atoms with van der Waals surface area (Å²) >= 11 is 1.94. The first-order chi connectivity index (χ1) is 19.5. The summed E-state index contributed by atoms with van der Waals surface area (Å²) < 4.78 is 14.6. The maximum absolute atomic E-state index is 6.59. The number of piperidine rings is 2. The number of hydrogen-bond acceptors (Lipinski definition) is 8. The number of nitrogens with two attached hydrogens (primary N) is 1. The van der Waals surface area contributed by atoms with Gasteiger partial charge in [-0.15, -0.1) is 11.3 Å². The average Bonchev–Trinajstić information content (AvgIpc) is 3.54. The summed E-state index contributed by atoms with van der Waals surface area (Å²) in [6.07, 6.45) is 8.18. The Labute approximate surface area is 244 Å². The van der Waals surface area contributed by atoms with E-state index in [1.807, 2.05) is 11.3 Å². The van der Waals surface area contributed by atoms with Crippen LogP contribution >= 0.6 is 11.3 Å². The van der Waals surface area contributed by atoms with Crippen LogP contribution in [0.15, 0.2) is 6.07 Å². The Balaban J connectivity index is 1.36. The minimum atomic E-state index is 0.581. The number of imidazole rings is 1. The standard InChI is InChI=1S/C31H50N6O2S/c1-5-6-7-27-34-28-29(37(27)21-23-8-14-36(15-9-23)22(2)3)30-25(33-31(28)32)20-26(40-30)24-10-12-35(13-11-24)16-17-39-19-18-38-4/h20,22-24H,5-19,21H2,1-4H3,(H2,32,33). The molecule has 40 heavy (non-hydrogen) atoms. The zero-order valence-corrected chi connectivity index (χ0v) is 26.0. The van der Waals surface area contributed by atoms with Crippen molar-refractivity contribution in [2.75, 3.05) is 65.4 Å². The lowest BCUT2D eigenvalue weighted by atomic mass is 9.95. The van der Waals surface area contributed by atoms with Gasteiger partial charge in [-0.25, -0.2) is 9.97 Å². The molecule has 0 radical (unpaired) electrons. The van der Waals surface area contributed by atoms with Crippen LogP contribution in [-0.2, 0) is 22.4 Å². The van der Waals surface area contributed by atoms with Gasteiger partial charge in [0.05, 0.1) is 35.6 Å². The van der Waals surface area contributed by atoms with Crippen molar-refractivity contribution < 1.29 is 9.47 Å². The molecule has 0 amide bonds. The highest BCUT2D eigenvalue weighted by molar-refractivity contribution is 7.20. The Kier molecular flexibility index (Phi) is 10.3. The number of fused-ring (bicyclic) bond motifs is 3. The van der Waals surface area contributed by atoms with Gasteiger partial charge in [-0.2, -0.15) is 0 Å². The van der Waals surface area contributed by atoms with Gasteiger partial charge in [0.2, 0.25) is 0 Å². The van der Waals surface area contributed by atoms with Gasteiger partial charge in [0, 0.05) is 37.5 Å². The van der Waals surface area contributed by atoms with Crippen molar-refractivity contribution >= 4 is 38.4 Å². The topological polar surface area (TPSA) is 81.7 Å². The second kappa shape index (κ2) is 13.9. The Bertz CT molecular complexity index is 1220. The number of likely N-dealkylation sites (tertiary alicyclic amines) is 2. The lowest BCUT2D eigenvalue weighted by Crippen LogP contribution is -2.39. The minimum absolute atomic E-state index is 0.581. The molecule has 2 N–H and O–H groups in total. The van der Waals surface area contributed by atoms with Crippen LogP contribution in [0.1, 0.15) is 75.9 Å². The van der Waals surface area contributed by atoms with Gasteiger partial charge in [-0.05, 0) is 90.0 Å². The van der Waals surface area contributed by atoms with Crippen LogP contribution < -0.4 is 5.73 Å². The number of ether oxygens (including phenoxy) is 2. The summed E-state index contributed by atoms with van der Waals surface area (Å²) in [4.78, 5) is 16.6. The van der Waals surface area contributed by atoms with Crippen LogP contribution in [0.4, 0.5) is 5.82 Å². The van der Waals surface area contributed by atoms with Crippen molar-refractivity contribution in [3.8, 4) is 0 Å². The molecule has 5 heterocycles. The highest BCUT2D eigenvalue weighted by Crippen LogP contribution is 2.40. The van der Waals surface area contributed by atoms with Crippen LogP contribution in [0.2, 0.25) is 0 Å². The highest BCUT2D eigenvalue weighted by Gasteiger charge is 2.27. The molecule has 2 aliphatic heterocycles. The molecule has 0 saturated carbocycles. The summed E-state index contributed by atoms with van der Waals surface area (Å²) in [5, 5.41) is 0. The molecule has 3 aromatic rings. The fourth-order valence-corrected chi connectivity index (χ4v) is 7.78. The van der Waals surface area contributed by atoms with E-state index in [-0.39, 0.29) is 0 Å². The third-order valence-corrected chi connectivity index (χ3v) is 10.3. The molecule has 3 aromatic heterocycles. The number of hydrogen-bond donors (Lipinski definition) is 1. The fraction of sp³-hybridized carbons (Fsp3) is 0.742. The summed E-state index contributed by atoms with van der Waals surface area (Å²) in [7, 11) is 1.72. The van der Waals surface area contributed by atoms with Crippen molar-refractivity contribution in [2.45, 2.75) is 84.2 Å². The monoisotopic (exact) mass is 570 g/mol. The first-order valence-electron chi connectivity index (χ1n) is 15.6. The molecule has 0 aromatic carbocycles. The van der Waals surface area contributed by atoms with Gasteiger partial charge < -0.3 is 29.6 Å². The Morgan fingerprint density at radius 1 is 1.05 bits per heavy atom. The van der Waals surface area contributed by atoms with Gasteiger partial charge in [-0.1, -0.05) is 13.3 Å². The zero-order valence-electron chi connectivity index (χ0n) is 25.2. The van der Waals surface area contributed by atoms with E-state index in [0.717, 1.165) is 56.7 Å². The molecule has 8 nitrogen and oxygen atoms in total. The molecule has 2 fully saturated rings. The van der Waals surface area contributed by atoms with E-state index in [1.54, 1.807) is 7.11 Å². The number of pyridine rings is 1. The van der Waals surface area contributed by atoms with Crippen LogP contribution in [0.5, 0.6) is 0 Å². The number of nitrogens with zero attached hydrogens (tertiary/aromatic N) is 5. The predicted octanol–water partition coefficient (Wildman–Crippen LogP) is 5.53. The summed E-state index contributed by atoms with van der Waals surface area (Å²) in [6.45, 7) is 15.7. The number of thiophene rings is 1. The number of anilines is 1. The molecule has 0 unspecified atom stereocenters. The molecular weight excluding hydrogens is 520 g/mol. The number of unbranched alkanes of at least 4 members (excludes halogenated alkanes) is 1. The molecular formula is C31H50N6O2S. The summed E-state index contributed by atoms with van der Waals surface area (Å²) in [6, 6.07) is 2.96. The average molecular weight is 571 g/mol. The third-order valence-electron chi connectivity index (χ3n) is 9.02. The Hall–Kier alpha value is -1.78. The van der Waals surface area contributed by atoms with Crippen molar-refractivity contribution in [1.82, 2.24) is 24.3 Å². The van der Waals surface area contributed by atoms with E-state index in [2.05, 4.69) is 41.2 Å². The van der Waals surface area contributed by atoms with Crippen molar-refractivity contribution in [3.63, 3.8) is 0 Å². The molecule has 9 heteroatoms. The maximum atomic E-state index is 6.59. The molecule has 0 atom stereocenters. The van der Waals surface area contributed by atoms with Crippen molar-refractivity contribution in [2.24, 2.45) is 5.92 Å². The molecule has 2 saturated heterocycles. The van der Waals surface area contributed by atoms with Gasteiger partial charge in [0.25, 0.3) is 0 Å². The van der Waals surface area contributed by atoms with Crippen molar-refractivity contribution in [1.29, 1.82) is 0 Å². The van der Waals surface area contributed by atoms with E-state index in [1.165, 1.54) is 66.1 Å². The lowest BCUT2D eigenvalue weighted by Gasteiger charge is -2.35. The van der Waals surface area contributed by atoms with E-state index in [4.69, 9.17) is 25.2 Å². The number of methoxy groups -OCH3 is 1. The van der Waals surface area contributed by atoms with Crippen molar-refractivity contribution in [3.05, 3.63) is 16.8 Å². The molecule has 0 spiro atoms. The molecule has 0 aliphatic carbocycles. The normalized spacial score (nSPS) is 18.6. The first kappa shape index (κ1) is 29.7. The van der Waals surface area contributed by atoms with Gasteiger partial charge in [-0.3, -0.25) is 0 Å².